The number of furan rings is 1. The molecular formula is C42H29NOSi. The summed E-state index contributed by atoms with van der Waals surface area (Å²) in [6, 6.07) is 64.0. The van der Waals surface area contributed by atoms with E-state index in [0.29, 0.717) is 0 Å². The van der Waals surface area contributed by atoms with Crippen LogP contribution in [0, 0.1) is 0 Å². The molecule has 7 aromatic carbocycles. The van der Waals surface area contributed by atoms with E-state index in [-0.39, 0.29) is 0 Å². The Morgan fingerprint density at radius 3 is 1.38 bits per heavy atom. The summed E-state index contributed by atoms with van der Waals surface area (Å²) in [4.78, 5) is 0. The highest BCUT2D eigenvalue weighted by Gasteiger charge is 2.43. The molecule has 0 fully saturated rings. The Kier molecular flexibility index (Phi) is 5.87. The maximum Gasteiger partial charge on any atom is 0.180 e. The third kappa shape index (κ3) is 3.74. The van der Waals surface area contributed by atoms with E-state index in [9.17, 15) is 0 Å². The van der Waals surface area contributed by atoms with Crippen LogP contribution in [0.2, 0.25) is 0 Å². The Balaban J connectivity index is 1.49. The molecule has 2 heterocycles. The van der Waals surface area contributed by atoms with E-state index < -0.39 is 8.07 Å². The fourth-order valence-corrected chi connectivity index (χ4v) is 12.5. The summed E-state index contributed by atoms with van der Waals surface area (Å²) in [7, 11) is -2.83. The summed E-state index contributed by atoms with van der Waals surface area (Å²) in [5.74, 6) is 0. The molecule has 0 bridgehead atoms. The maximum atomic E-state index is 6.95. The Morgan fingerprint density at radius 1 is 0.400 bits per heavy atom. The molecule has 0 N–H and O–H groups in total. The summed E-state index contributed by atoms with van der Waals surface area (Å²) in [5.41, 5.74) is 5.22. The monoisotopic (exact) mass is 591 g/mol. The van der Waals surface area contributed by atoms with Crippen molar-refractivity contribution in [3.63, 3.8) is 0 Å². The molecule has 0 atom stereocenters. The molecule has 0 saturated heterocycles. The number of fused-ring (bicyclic) bond motifs is 6. The Bertz CT molecular complexity index is 2330. The first kappa shape index (κ1) is 25.8. The van der Waals surface area contributed by atoms with Gasteiger partial charge in [0.2, 0.25) is 0 Å². The largest absolute Gasteiger partial charge is 0.454 e. The van der Waals surface area contributed by atoms with E-state index in [4.69, 9.17) is 4.42 Å². The van der Waals surface area contributed by atoms with Crippen molar-refractivity contribution in [2.75, 3.05) is 0 Å². The van der Waals surface area contributed by atoms with E-state index in [2.05, 4.69) is 180 Å². The van der Waals surface area contributed by atoms with Gasteiger partial charge in [0.05, 0.1) is 16.7 Å². The van der Waals surface area contributed by atoms with Crippen molar-refractivity contribution in [3.8, 4) is 5.69 Å². The molecule has 0 aliphatic heterocycles. The predicted molar refractivity (Wildman–Crippen MR) is 192 cm³/mol. The molecule has 0 radical (unpaired) electrons. The van der Waals surface area contributed by atoms with Crippen LogP contribution in [0.15, 0.2) is 180 Å². The molecule has 2 nitrogen and oxygen atoms in total. The highest BCUT2D eigenvalue weighted by Crippen LogP contribution is 2.38. The minimum atomic E-state index is -2.83. The molecule has 0 aliphatic rings. The van der Waals surface area contributed by atoms with Crippen molar-refractivity contribution in [2.45, 2.75) is 0 Å². The van der Waals surface area contributed by atoms with Gasteiger partial charge in [0.25, 0.3) is 0 Å². The summed E-state index contributed by atoms with van der Waals surface area (Å²) in [5, 5.41) is 10.2. The number of para-hydroxylation sites is 3. The van der Waals surface area contributed by atoms with Gasteiger partial charge in [0.1, 0.15) is 5.58 Å². The smallest absolute Gasteiger partial charge is 0.180 e. The van der Waals surface area contributed by atoms with E-state index in [1.807, 2.05) is 0 Å². The second kappa shape index (κ2) is 10.2. The second-order valence-corrected chi connectivity index (χ2v) is 15.4. The summed E-state index contributed by atoms with van der Waals surface area (Å²) in [6.45, 7) is 0. The summed E-state index contributed by atoms with van der Waals surface area (Å²) >= 11 is 0. The standard InChI is InChI=1S/C42H29NOSi/c1-4-16-30(17-5-1)45(31-18-6-2-7-19-31,32-20-8-3-9-21-32)40-29-28-38(42-41(40)35-24-12-15-27-39(35)44-42)43-36-25-13-10-22-33(36)34-23-11-14-26-37(34)43/h1-29H. The van der Waals surface area contributed by atoms with Crippen LogP contribution < -0.4 is 20.7 Å². The van der Waals surface area contributed by atoms with Crippen molar-refractivity contribution in [1.82, 2.24) is 4.57 Å². The highest BCUT2D eigenvalue weighted by atomic mass is 28.3. The molecule has 0 aliphatic carbocycles. The zero-order chi connectivity index (χ0) is 29.8. The van der Waals surface area contributed by atoms with Gasteiger partial charge in [-0.25, -0.2) is 0 Å². The molecule has 0 unspecified atom stereocenters. The van der Waals surface area contributed by atoms with Crippen LogP contribution in [0.1, 0.15) is 0 Å². The maximum absolute atomic E-state index is 6.95. The molecule has 0 saturated carbocycles. The predicted octanol–water partition coefficient (Wildman–Crippen LogP) is 8.06. The van der Waals surface area contributed by atoms with Crippen LogP contribution in [-0.4, -0.2) is 12.6 Å². The van der Waals surface area contributed by atoms with E-state index in [1.54, 1.807) is 0 Å². The lowest BCUT2D eigenvalue weighted by Crippen LogP contribution is -2.74. The van der Waals surface area contributed by atoms with Crippen LogP contribution >= 0.6 is 0 Å². The molecule has 212 valence electrons. The minimum absolute atomic E-state index is 0.902. The first-order chi connectivity index (χ1) is 22.4. The van der Waals surface area contributed by atoms with Gasteiger partial charge < -0.3 is 8.98 Å². The fraction of sp³-hybridized carbons (Fsp3) is 0. The van der Waals surface area contributed by atoms with E-state index >= 15 is 0 Å². The number of rotatable bonds is 5. The molecule has 3 heteroatoms. The van der Waals surface area contributed by atoms with E-state index in [0.717, 1.165) is 22.2 Å². The summed E-state index contributed by atoms with van der Waals surface area (Å²) < 4.78 is 9.33. The van der Waals surface area contributed by atoms with Crippen LogP contribution in [-0.2, 0) is 0 Å². The minimum Gasteiger partial charge on any atom is -0.454 e. The Hall–Kier alpha value is -5.64. The summed E-state index contributed by atoms with van der Waals surface area (Å²) in [6.07, 6.45) is 0. The molecule has 0 amide bonds. The van der Waals surface area contributed by atoms with Crippen molar-refractivity contribution < 1.29 is 4.42 Å². The van der Waals surface area contributed by atoms with Crippen molar-refractivity contribution in [2.24, 2.45) is 0 Å². The number of benzene rings is 7. The average Bonchev–Trinajstić information content (AvgIpc) is 3.67. The number of hydrogen-bond donors (Lipinski definition) is 0. The van der Waals surface area contributed by atoms with Gasteiger partial charge in [-0.3, -0.25) is 0 Å². The normalized spacial score (nSPS) is 12.0. The number of nitrogens with zero attached hydrogens (tertiary/aromatic N) is 1. The first-order valence-corrected chi connectivity index (χ1v) is 17.5. The van der Waals surface area contributed by atoms with Crippen molar-refractivity contribution in [1.29, 1.82) is 0 Å². The van der Waals surface area contributed by atoms with Crippen LogP contribution in [0.4, 0.5) is 0 Å². The van der Waals surface area contributed by atoms with Crippen LogP contribution in [0.5, 0.6) is 0 Å². The van der Waals surface area contributed by atoms with Gasteiger partial charge in [-0.2, -0.15) is 0 Å². The van der Waals surface area contributed by atoms with Gasteiger partial charge in [0, 0.05) is 21.5 Å². The fourth-order valence-electron chi connectivity index (χ4n) is 7.52. The van der Waals surface area contributed by atoms with Gasteiger partial charge in [-0.1, -0.05) is 152 Å². The average molecular weight is 592 g/mol. The lowest BCUT2D eigenvalue weighted by atomic mass is 10.1. The van der Waals surface area contributed by atoms with Gasteiger partial charge >= 0.3 is 0 Å². The number of hydrogen-bond acceptors (Lipinski definition) is 1. The van der Waals surface area contributed by atoms with Crippen LogP contribution in [0.25, 0.3) is 49.4 Å². The zero-order valence-electron chi connectivity index (χ0n) is 24.6. The molecule has 2 aromatic heterocycles. The SMILES string of the molecule is c1ccc([Si](c2ccccc2)(c2ccccc2)c2ccc(-n3c4ccccc4c4ccccc43)c3oc4ccccc4c23)cc1. The molecular weight excluding hydrogens is 563 g/mol. The molecule has 9 aromatic rings. The highest BCUT2D eigenvalue weighted by molar-refractivity contribution is 7.20. The zero-order valence-corrected chi connectivity index (χ0v) is 25.6. The quantitative estimate of drug-likeness (QED) is 0.146. The third-order valence-electron chi connectivity index (χ3n) is 9.35. The lowest BCUT2D eigenvalue weighted by Gasteiger charge is -2.35. The molecule has 0 spiro atoms. The van der Waals surface area contributed by atoms with Crippen molar-refractivity contribution in [3.05, 3.63) is 176 Å². The van der Waals surface area contributed by atoms with Gasteiger partial charge in [0.15, 0.2) is 13.7 Å². The van der Waals surface area contributed by atoms with E-state index in [1.165, 1.54) is 47.9 Å². The van der Waals surface area contributed by atoms with Crippen LogP contribution in [0.3, 0.4) is 0 Å². The Labute approximate surface area is 262 Å². The topological polar surface area (TPSA) is 18.1 Å². The van der Waals surface area contributed by atoms with Crippen molar-refractivity contribution >= 4 is 72.6 Å². The Morgan fingerprint density at radius 2 is 0.844 bits per heavy atom. The lowest BCUT2D eigenvalue weighted by molar-refractivity contribution is 0.666. The molecule has 45 heavy (non-hydrogen) atoms. The van der Waals surface area contributed by atoms with Gasteiger partial charge in [-0.05, 0) is 45.0 Å². The third-order valence-corrected chi connectivity index (χ3v) is 14.2. The second-order valence-electron chi connectivity index (χ2n) is 11.7. The van der Waals surface area contributed by atoms with Gasteiger partial charge in [-0.15, -0.1) is 0 Å². The molecule has 9 rings (SSSR count). The first-order valence-electron chi connectivity index (χ1n) is 15.5. The number of aromatic nitrogens is 1.